The molecule has 0 aromatic heterocycles. The van der Waals surface area contributed by atoms with Gasteiger partial charge in [-0.05, 0) is 51.2 Å². The highest BCUT2D eigenvalue weighted by Crippen LogP contribution is 2.24. The van der Waals surface area contributed by atoms with Gasteiger partial charge in [0.1, 0.15) is 17.7 Å². The van der Waals surface area contributed by atoms with Crippen molar-refractivity contribution in [1.29, 1.82) is 0 Å². The first kappa shape index (κ1) is 31.8. The van der Waals surface area contributed by atoms with Crippen LogP contribution in [-0.4, -0.2) is 53.3 Å². The minimum absolute atomic E-state index is 0.0858. The molecule has 0 aliphatic carbocycles. The van der Waals surface area contributed by atoms with Gasteiger partial charge in [-0.2, -0.15) is 12.6 Å². The fourth-order valence-corrected chi connectivity index (χ4v) is 4.05. The highest BCUT2D eigenvalue weighted by Gasteiger charge is 2.35. The Hall–Kier alpha value is -2.22. The number of carbonyl (C=O) groups excluding carboxylic acids is 3. The van der Waals surface area contributed by atoms with Crippen LogP contribution in [0, 0.1) is 0 Å². The van der Waals surface area contributed by atoms with Gasteiger partial charge in [0, 0.05) is 18.8 Å². The van der Waals surface area contributed by atoms with E-state index in [9.17, 15) is 14.4 Å². The fraction of sp³-hybridized carbons (Fsp3) is 0.679. The number of hydrogen-bond acceptors (Lipinski definition) is 5. The van der Waals surface area contributed by atoms with Crippen LogP contribution in [0.2, 0.25) is 0 Å². The van der Waals surface area contributed by atoms with Crippen molar-refractivity contribution >= 4 is 30.5 Å². The van der Waals surface area contributed by atoms with Gasteiger partial charge in [-0.15, -0.1) is 0 Å². The van der Waals surface area contributed by atoms with E-state index in [0.717, 1.165) is 56.1 Å². The molecule has 2 unspecified atom stereocenters. The lowest BCUT2D eigenvalue weighted by molar-refractivity contribution is -0.142. The number of carbonyl (C=O) groups is 3. The number of ether oxygens (including phenoxy) is 1. The third-order valence-electron chi connectivity index (χ3n) is 5.80. The molecule has 1 aromatic carbocycles. The Morgan fingerprint density at radius 1 is 0.972 bits per heavy atom. The van der Waals surface area contributed by atoms with E-state index in [1.54, 1.807) is 25.7 Å². The lowest BCUT2D eigenvalue weighted by atomic mass is 10.00. The number of nitrogens with zero attached hydrogens (tertiary/aromatic N) is 1. The van der Waals surface area contributed by atoms with Crippen molar-refractivity contribution in [2.24, 2.45) is 0 Å². The lowest BCUT2D eigenvalue weighted by Crippen LogP contribution is -2.54. The second-order valence-electron chi connectivity index (χ2n) is 10.1. The molecule has 0 bridgehead atoms. The van der Waals surface area contributed by atoms with Crippen LogP contribution in [-0.2, 0) is 20.7 Å². The first-order valence-corrected chi connectivity index (χ1v) is 14.0. The Labute approximate surface area is 223 Å². The van der Waals surface area contributed by atoms with Gasteiger partial charge in [-0.3, -0.25) is 9.59 Å². The van der Waals surface area contributed by atoms with Crippen molar-refractivity contribution in [3.05, 3.63) is 35.4 Å². The number of unbranched alkanes of at least 4 members (excludes halogenated alkanes) is 4. The third-order valence-corrected chi connectivity index (χ3v) is 6.17. The maximum atomic E-state index is 13.8. The summed E-state index contributed by atoms with van der Waals surface area (Å²) < 4.78 is 5.36. The highest BCUT2D eigenvalue weighted by atomic mass is 32.1. The predicted octanol–water partition coefficient (Wildman–Crippen LogP) is 5.44. The van der Waals surface area contributed by atoms with Crippen molar-refractivity contribution in [2.75, 3.05) is 18.8 Å². The Bertz CT molecular complexity index is 808. The number of benzene rings is 1. The second kappa shape index (κ2) is 16.5. The Morgan fingerprint density at radius 3 is 2.14 bits per heavy atom. The minimum atomic E-state index is -0.921. The van der Waals surface area contributed by atoms with Crippen molar-refractivity contribution in [3.63, 3.8) is 0 Å². The average Bonchev–Trinajstić information content (AvgIpc) is 2.83. The van der Waals surface area contributed by atoms with Gasteiger partial charge in [-0.1, -0.05) is 70.7 Å². The van der Waals surface area contributed by atoms with E-state index in [0.29, 0.717) is 13.1 Å². The van der Waals surface area contributed by atoms with E-state index in [4.69, 9.17) is 4.74 Å². The molecular formula is C28H47N3O4S. The quantitative estimate of drug-likeness (QED) is 0.212. The van der Waals surface area contributed by atoms with Crippen LogP contribution >= 0.6 is 12.6 Å². The number of thiol groups is 1. The van der Waals surface area contributed by atoms with Crippen LogP contribution in [0.15, 0.2) is 24.3 Å². The molecule has 0 aliphatic heterocycles. The van der Waals surface area contributed by atoms with Gasteiger partial charge in [0.15, 0.2) is 0 Å². The van der Waals surface area contributed by atoms with E-state index in [1.807, 2.05) is 24.3 Å². The molecule has 0 aliphatic rings. The van der Waals surface area contributed by atoms with Crippen LogP contribution in [0.25, 0.3) is 0 Å². The van der Waals surface area contributed by atoms with E-state index >= 15 is 0 Å². The highest BCUT2D eigenvalue weighted by molar-refractivity contribution is 7.80. The van der Waals surface area contributed by atoms with Crippen LogP contribution in [0.3, 0.4) is 0 Å². The standard InChI is InChI=1S/C28H47N3O4S/c1-7-10-12-13-19-31(26(33)23(20-36)30-27(34)35-28(4,5)6)24(25(32)29-18-11-8-2)22-16-14-21(9-3)15-17-22/h14-17,23-24,36H,7-13,18-20H2,1-6H3,(H,29,32)(H,30,34). The molecule has 36 heavy (non-hydrogen) atoms. The average molecular weight is 522 g/mol. The molecule has 8 heteroatoms. The normalized spacial score (nSPS) is 13.0. The number of aryl methyl sites for hydroxylation is 1. The van der Waals surface area contributed by atoms with Crippen molar-refractivity contribution in [2.45, 2.75) is 104 Å². The summed E-state index contributed by atoms with van der Waals surface area (Å²) in [6, 6.07) is 6.12. The summed E-state index contributed by atoms with van der Waals surface area (Å²) in [6.45, 7) is 12.5. The van der Waals surface area contributed by atoms with Crippen LogP contribution in [0.5, 0.6) is 0 Å². The minimum Gasteiger partial charge on any atom is -0.444 e. The molecular weight excluding hydrogens is 474 g/mol. The molecule has 1 rings (SSSR count). The molecule has 2 N–H and O–H groups in total. The van der Waals surface area contributed by atoms with Gasteiger partial charge in [-0.25, -0.2) is 4.79 Å². The van der Waals surface area contributed by atoms with Crippen molar-refractivity contribution in [3.8, 4) is 0 Å². The number of alkyl carbamates (subject to hydrolysis) is 1. The van der Waals surface area contributed by atoms with Crippen LogP contribution in [0.4, 0.5) is 4.79 Å². The Morgan fingerprint density at radius 2 is 1.61 bits per heavy atom. The zero-order valence-corrected chi connectivity index (χ0v) is 24.0. The molecule has 2 atom stereocenters. The molecule has 204 valence electrons. The second-order valence-corrected chi connectivity index (χ2v) is 10.5. The largest absolute Gasteiger partial charge is 0.444 e. The van der Waals surface area contributed by atoms with Crippen LogP contribution in [0.1, 0.15) is 97.2 Å². The van der Waals surface area contributed by atoms with Crippen molar-refractivity contribution in [1.82, 2.24) is 15.5 Å². The van der Waals surface area contributed by atoms with Gasteiger partial charge < -0.3 is 20.3 Å². The summed E-state index contributed by atoms with van der Waals surface area (Å²) in [5.74, 6) is -0.475. The molecule has 7 nitrogen and oxygen atoms in total. The molecule has 0 spiro atoms. The summed E-state index contributed by atoms with van der Waals surface area (Å²) in [5, 5.41) is 5.67. The first-order valence-electron chi connectivity index (χ1n) is 13.3. The third kappa shape index (κ3) is 11.2. The summed E-state index contributed by atoms with van der Waals surface area (Å²) in [7, 11) is 0. The number of rotatable bonds is 15. The number of amides is 3. The van der Waals surface area contributed by atoms with Gasteiger partial charge in [0.2, 0.25) is 11.8 Å². The number of nitrogens with one attached hydrogen (secondary N) is 2. The van der Waals surface area contributed by atoms with E-state index < -0.39 is 23.8 Å². The zero-order valence-electron chi connectivity index (χ0n) is 23.1. The van der Waals surface area contributed by atoms with Gasteiger partial charge in [0.05, 0.1) is 0 Å². The smallest absolute Gasteiger partial charge is 0.408 e. The molecule has 0 saturated heterocycles. The fourth-order valence-electron chi connectivity index (χ4n) is 3.80. The molecule has 0 fully saturated rings. The molecule has 1 aromatic rings. The summed E-state index contributed by atoms with van der Waals surface area (Å²) in [6.07, 6.45) is 5.83. The molecule has 3 amide bonds. The Balaban J connectivity index is 3.34. The number of hydrogen-bond donors (Lipinski definition) is 3. The summed E-state index contributed by atoms with van der Waals surface area (Å²) >= 11 is 4.34. The molecule has 0 heterocycles. The molecule has 0 radical (unpaired) electrons. The lowest BCUT2D eigenvalue weighted by Gasteiger charge is -2.34. The topological polar surface area (TPSA) is 87.7 Å². The van der Waals surface area contributed by atoms with E-state index in [1.165, 1.54) is 0 Å². The van der Waals surface area contributed by atoms with E-state index in [2.05, 4.69) is 44.0 Å². The first-order chi connectivity index (χ1) is 17.1. The van der Waals surface area contributed by atoms with E-state index in [-0.39, 0.29) is 17.6 Å². The maximum Gasteiger partial charge on any atom is 0.408 e. The monoisotopic (exact) mass is 521 g/mol. The van der Waals surface area contributed by atoms with Crippen LogP contribution < -0.4 is 10.6 Å². The summed E-state index contributed by atoms with van der Waals surface area (Å²) in [4.78, 5) is 41.4. The van der Waals surface area contributed by atoms with Gasteiger partial charge >= 0.3 is 6.09 Å². The summed E-state index contributed by atoms with van der Waals surface area (Å²) in [5.41, 5.74) is 1.21. The van der Waals surface area contributed by atoms with Gasteiger partial charge in [0.25, 0.3) is 0 Å². The SMILES string of the molecule is CCCCCCN(C(=O)C(CS)NC(=O)OC(C)(C)C)C(C(=O)NCCCC)c1ccc(CC)cc1. The van der Waals surface area contributed by atoms with Crippen molar-refractivity contribution < 1.29 is 19.1 Å². The predicted molar refractivity (Wildman–Crippen MR) is 149 cm³/mol. The zero-order chi connectivity index (χ0) is 27.1. The molecule has 0 saturated carbocycles. The Kier molecular flexibility index (Phi) is 14.6. The maximum absolute atomic E-state index is 13.8.